The first-order chi connectivity index (χ1) is 3.70. The molecule has 0 spiro atoms. The maximum absolute atomic E-state index is 4.17. The zero-order valence-corrected chi connectivity index (χ0v) is 5.47. The van der Waals surface area contributed by atoms with Gasteiger partial charge in [0.2, 0.25) is 0 Å². The lowest BCUT2D eigenvalue weighted by Crippen LogP contribution is -2.16. The summed E-state index contributed by atoms with van der Waals surface area (Å²) in [5.74, 6) is 0. The Labute approximate surface area is 50.7 Å². The molecule has 0 saturated heterocycles. The van der Waals surface area contributed by atoms with Crippen LogP contribution in [0.1, 0.15) is 0 Å². The van der Waals surface area contributed by atoms with Gasteiger partial charge in [-0.05, 0) is 0 Å². The topological polar surface area (TPSA) is 17.8 Å². The second-order valence-electron chi connectivity index (χ2n) is 2.04. The lowest BCUT2D eigenvalue weighted by atomic mass is 10.1. The van der Waals surface area contributed by atoms with Crippen LogP contribution < -0.4 is 11.3 Å². The third kappa shape index (κ3) is 0.782. The fourth-order valence-corrected chi connectivity index (χ4v) is 0.737. The lowest BCUT2D eigenvalue weighted by molar-refractivity contribution is 0.952. The van der Waals surface area contributed by atoms with Crippen molar-refractivity contribution in [3.63, 3.8) is 0 Å². The number of rotatable bonds is 0. The number of hydrogen-bond donors (Lipinski definition) is 0. The molecule has 0 radical (unpaired) electrons. The maximum atomic E-state index is 4.17. The summed E-state index contributed by atoms with van der Waals surface area (Å²) in [6.45, 7) is 0. The van der Waals surface area contributed by atoms with Crippen molar-refractivity contribution in [2.75, 3.05) is 0 Å². The van der Waals surface area contributed by atoms with Gasteiger partial charge in [0.05, 0.1) is 5.72 Å². The first kappa shape index (κ1) is 5.48. The third-order valence-corrected chi connectivity index (χ3v) is 1.23. The molecule has 0 unspecified atom stereocenters. The Morgan fingerprint density at radius 2 is 2.25 bits per heavy atom. The number of aryl methyl sites for hydroxylation is 1. The summed E-state index contributed by atoms with van der Waals surface area (Å²) in [5.41, 5.74) is 2.16. The van der Waals surface area contributed by atoms with Gasteiger partial charge in [-0.2, -0.15) is 0 Å². The smallest absolute Gasteiger partial charge is 0.186 e. The minimum absolute atomic E-state index is 1.07. The number of imidazole rings is 1. The van der Waals surface area contributed by atoms with E-state index in [2.05, 4.69) is 4.98 Å². The Bertz CT molecular complexity index is 174. The van der Waals surface area contributed by atoms with Gasteiger partial charge >= 0.3 is 0 Å². The average Bonchev–Trinajstić information content (AvgIpc) is 1.85. The minimum Gasteiger partial charge on any atom is -0.347 e. The van der Waals surface area contributed by atoms with Gasteiger partial charge < -0.3 is 4.57 Å². The van der Waals surface area contributed by atoms with Crippen LogP contribution in [0.5, 0.6) is 0 Å². The van der Waals surface area contributed by atoms with Crippen LogP contribution in [-0.4, -0.2) is 25.2 Å². The minimum atomic E-state index is 1.07. The highest BCUT2D eigenvalue weighted by atomic mass is 15.0. The van der Waals surface area contributed by atoms with Crippen molar-refractivity contribution < 1.29 is 0 Å². The Hall–Kier alpha value is -0.660. The summed E-state index contributed by atoms with van der Waals surface area (Å²) < 4.78 is 2.01. The molecule has 0 saturated carbocycles. The molecule has 1 aromatic rings. The second kappa shape index (κ2) is 1.69. The molecule has 2 nitrogen and oxygen atoms in total. The molecule has 1 aromatic heterocycles. The zero-order chi connectivity index (χ0) is 6.15. The SMILES string of the molecule is Bc1cn(C)c(B)n1. The van der Waals surface area contributed by atoms with Gasteiger partial charge in [-0.3, -0.25) is 4.98 Å². The van der Waals surface area contributed by atoms with Crippen molar-refractivity contribution in [1.29, 1.82) is 0 Å². The quantitative estimate of drug-likeness (QED) is 0.321. The first-order valence-corrected chi connectivity index (χ1v) is 2.66. The molecular weight excluding hydrogens is 97.7 g/mol. The molecule has 1 heterocycles. The molecule has 8 heavy (non-hydrogen) atoms. The largest absolute Gasteiger partial charge is 0.347 e. The van der Waals surface area contributed by atoms with Crippen LogP contribution >= 0.6 is 0 Å². The van der Waals surface area contributed by atoms with Gasteiger partial charge in [0.25, 0.3) is 0 Å². The highest BCUT2D eigenvalue weighted by Crippen LogP contribution is 1.66. The van der Waals surface area contributed by atoms with Crippen LogP contribution in [0.4, 0.5) is 0 Å². The molecule has 0 N–H and O–H groups in total. The van der Waals surface area contributed by atoms with Crippen LogP contribution in [0.15, 0.2) is 6.20 Å². The van der Waals surface area contributed by atoms with Gasteiger partial charge in [-0.25, -0.2) is 0 Å². The van der Waals surface area contributed by atoms with Crippen LogP contribution in [0.3, 0.4) is 0 Å². The van der Waals surface area contributed by atoms with Crippen molar-refractivity contribution in [3.05, 3.63) is 6.20 Å². The van der Waals surface area contributed by atoms with Crippen LogP contribution in [0.25, 0.3) is 0 Å². The van der Waals surface area contributed by atoms with E-state index in [0.717, 1.165) is 11.3 Å². The average molecular weight is 106 g/mol. The van der Waals surface area contributed by atoms with E-state index in [1.807, 2.05) is 33.5 Å². The van der Waals surface area contributed by atoms with E-state index in [1.165, 1.54) is 0 Å². The predicted octanol–water partition coefficient (Wildman–Crippen LogP) is -3.06. The van der Waals surface area contributed by atoms with E-state index in [9.17, 15) is 0 Å². The molecule has 0 aromatic carbocycles. The van der Waals surface area contributed by atoms with Crippen molar-refractivity contribution in [2.24, 2.45) is 7.05 Å². The highest BCUT2D eigenvalue weighted by Gasteiger charge is 1.91. The third-order valence-electron chi connectivity index (χ3n) is 1.23. The Morgan fingerprint density at radius 1 is 1.62 bits per heavy atom. The number of hydrogen-bond acceptors (Lipinski definition) is 1. The molecule has 40 valence electrons. The van der Waals surface area contributed by atoms with E-state index >= 15 is 0 Å². The molecule has 0 aliphatic carbocycles. The highest BCUT2D eigenvalue weighted by molar-refractivity contribution is 6.34. The maximum Gasteiger partial charge on any atom is 0.186 e. The fourth-order valence-electron chi connectivity index (χ4n) is 0.737. The molecule has 0 bridgehead atoms. The van der Waals surface area contributed by atoms with Gasteiger partial charge in [0, 0.05) is 18.8 Å². The number of nitrogens with zero attached hydrogens (tertiary/aromatic N) is 2. The Morgan fingerprint density at radius 3 is 2.38 bits per heavy atom. The van der Waals surface area contributed by atoms with Crippen LogP contribution in [-0.2, 0) is 7.05 Å². The standard InChI is InChI=1S/C4H8B2N2/c1-8-2-3(5)7-4(8)6/h2H,5-6H2,1H3. The zero-order valence-electron chi connectivity index (χ0n) is 5.47. The van der Waals surface area contributed by atoms with Crippen LogP contribution in [0.2, 0.25) is 0 Å². The fraction of sp³-hybridized carbons (Fsp3) is 0.250. The van der Waals surface area contributed by atoms with Crippen molar-refractivity contribution in [2.45, 2.75) is 0 Å². The van der Waals surface area contributed by atoms with Crippen molar-refractivity contribution in [1.82, 2.24) is 9.55 Å². The lowest BCUT2D eigenvalue weighted by Gasteiger charge is -1.87. The molecule has 0 amide bonds. The van der Waals surface area contributed by atoms with Crippen LogP contribution in [0, 0.1) is 0 Å². The van der Waals surface area contributed by atoms with Gasteiger partial charge in [-0.1, -0.05) is 0 Å². The molecule has 4 heteroatoms. The summed E-state index contributed by atoms with van der Waals surface area (Å²) in [6, 6.07) is 0. The second-order valence-corrected chi connectivity index (χ2v) is 2.04. The van der Waals surface area contributed by atoms with Gasteiger partial charge in [0.15, 0.2) is 15.7 Å². The van der Waals surface area contributed by atoms with Crippen molar-refractivity contribution >= 4 is 27.0 Å². The molecule has 0 aliphatic heterocycles. The van der Waals surface area contributed by atoms with E-state index in [0.29, 0.717) is 0 Å². The molecule has 0 atom stereocenters. The van der Waals surface area contributed by atoms with E-state index < -0.39 is 0 Å². The van der Waals surface area contributed by atoms with E-state index in [1.54, 1.807) is 0 Å². The first-order valence-electron chi connectivity index (χ1n) is 2.66. The normalized spacial score (nSPS) is 9.62. The van der Waals surface area contributed by atoms with Gasteiger partial charge in [0.1, 0.15) is 0 Å². The molecule has 0 fully saturated rings. The monoisotopic (exact) mass is 106 g/mol. The number of aromatic nitrogens is 2. The Balaban J connectivity index is 3.14. The molecular formula is C4H8B2N2. The van der Waals surface area contributed by atoms with E-state index in [-0.39, 0.29) is 0 Å². The summed E-state index contributed by atoms with van der Waals surface area (Å²) in [7, 11) is 5.98. The van der Waals surface area contributed by atoms with E-state index in [4.69, 9.17) is 0 Å². The summed E-state index contributed by atoms with van der Waals surface area (Å²) in [5, 5.41) is 0. The molecule has 0 aliphatic rings. The summed E-state index contributed by atoms with van der Waals surface area (Å²) in [4.78, 5) is 4.17. The molecule has 1 rings (SSSR count). The van der Waals surface area contributed by atoms with Crippen molar-refractivity contribution in [3.8, 4) is 0 Å². The predicted molar refractivity (Wildman–Crippen MR) is 39.6 cm³/mol. The summed E-state index contributed by atoms with van der Waals surface area (Å²) >= 11 is 0. The van der Waals surface area contributed by atoms with Gasteiger partial charge in [-0.15, -0.1) is 0 Å². The summed E-state index contributed by atoms with van der Waals surface area (Å²) in [6.07, 6.45) is 2.01. The Kier molecular flexibility index (Phi) is 1.16.